The molecule has 1 N–H and O–H groups in total. The SMILES string of the molecule is O=C(NC(=Cc1ccc2c(c1)OCO2)C(=O)N1CC2CC(C1)c1cccc(=O)n1C2)c1ccccc1F. The zero-order valence-electron chi connectivity index (χ0n) is 19.9. The first kappa shape index (κ1) is 23.0. The molecule has 2 unspecified atom stereocenters. The van der Waals surface area contributed by atoms with Gasteiger partial charge in [-0.15, -0.1) is 0 Å². The lowest BCUT2D eigenvalue weighted by atomic mass is 9.83. The Morgan fingerprint density at radius 2 is 1.81 bits per heavy atom. The van der Waals surface area contributed by atoms with E-state index >= 15 is 0 Å². The maximum absolute atomic E-state index is 14.3. The molecule has 0 saturated carbocycles. The molecule has 0 radical (unpaired) electrons. The number of carbonyl (C=O) groups is 2. The summed E-state index contributed by atoms with van der Waals surface area (Å²) in [4.78, 5) is 40.9. The number of nitrogens with one attached hydrogen (secondary N) is 1. The Morgan fingerprint density at radius 1 is 0.973 bits per heavy atom. The van der Waals surface area contributed by atoms with Gasteiger partial charge in [-0.2, -0.15) is 0 Å². The van der Waals surface area contributed by atoms with Crippen LogP contribution in [0.4, 0.5) is 4.39 Å². The first-order chi connectivity index (χ1) is 18.0. The first-order valence-corrected chi connectivity index (χ1v) is 12.1. The van der Waals surface area contributed by atoms with E-state index in [1.807, 2.05) is 6.07 Å². The number of amides is 2. The average Bonchev–Trinajstić information content (AvgIpc) is 3.37. The molecule has 1 saturated heterocycles. The van der Waals surface area contributed by atoms with E-state index in [-0.39, 0.29) is 41.4 Å². The fourth-order valence-corrected chi connectivity index (χ4v) is 5.39. The zero-order chi connectivity index (χ0) is 25.5. The molecule has 2 atom stereocenters. The Hall–Kier alpha value is -4.40. The van der Waals surface area contributed by atoms with Crippen LogP contribution in [0.5, 0.6) is 11.5 Å². The molecule has 2 aromatic carbocycles. The smallest absolute Gasteiger partial charge is 0.270 e. The van der Waals surface area contributed by atoms with Crippen LogP contribution in [0, 0.1) is 11.7 Å². The molecule has 2 amide bonds. The Balaban J connectivity index is 1.32. The van der Waals surface area contributed by atoms with Crippen LogP contribution < -0.4 is 20.3 Å². The Kier molecular flexibility index (Phi) is 5.75. The molecular formula is C28H24FN3O5. The van der Waals surface area contributed by atoms with Gasteiger partial charge in [0.15, 0.2) is 11.5 Å². The van der Waals surface area contributed by atoms with E-state index in [1.54, 1.807) is 51.9 Å². The molecular weight excluding hydrogens is 477 g/mol. The first-order valence-electron chi connectivity index (χ1n) is 12.1. The monoisotopic (exact) mass is 501 g/mol. The van der Waals surface area contributed by atoms with Crippen molar-refractivity contribution in [3.8, 4) is 11.5 Å². The lowest BCUT2D eigenvalue weighted by Gasteiger charge is -2.43. The van der Waals surface area contributed by atoms with Gasteiger partial charge in [0, 0.05) is 37.3 Å². The lowest BCUT2D eigenvalue weighted by molar-refractivity contribution is -0.130. The molecule has 3 aromatic rings. The van der Waals surface area contributed by atoms with Crippen LogP contribution in [-0.2, 0) is 11.3 Å². The molecule has 8 nitrogen and oxygen atoms in total. The maximum atomic E-state index is 14.3. The zero-order valence-corrected chi connectivity index (χ0v) is 19.9. The molecule has 2 bridgehead atoms. The van der Waals surface area contributed by atoms with Crippen molar-refractivity contribution >= 4 is 17.9 Å². The largest absolute Gasteiger partial charge is 0.454 e. The number of aromatic nitrogens is 1. The second-order valence-corrected chi connectivity index (χ2v) is 9.51. The second-order valence-electron chi connectivity index (χ2n) is 9.51. The van der Waals surface area contributed by atoms with Gasteiger partial charge in [-0.25, -0.2) is 4.39 Å². The quantitative estimate of drug-likeness (QED) is 0.555. The third-order valence-corrected chi connectivity index (χ3v) is 7.07. The summed E-state index contributed by atoms with van der Waals surface area (Å²) in [6, 6.07) is 16.1. The summed E-state index contributed by atoms with van der Waals surface area (Å²) in [5.41, 5.74) is 1.37. The Bertz CT molecular complexity index is 1500. The number of ether oxygens (including phenoxy) is 2. The molecule has 188 valence electrons. The van der Waals surface area contributed by atoms with Gasteiger partial charge in [-0.3, -0.25) is 14.4 Å². The number of likely N-dealkylation sites (tertiary alicyclic amines) is 1. The Morgan fingerprint density at radius 3 is 2.68 bits per heavy atom. The van der Waals surface area contributed by atoms with Gasteiger partial charge in [0.1, 0.15) is 11.5 Å². The van der Waals surface area contributed by atoms with Crippen LogP contribution in [0.1, 0.15) is 34.0 Å². The number of hydrogen-bond donors (Lipinski definition) is 1. The van der Waals surface area contributed by atoms with E-state index < -0.39 is 11.7 Å². The lowest BCUT2D eigenvalue weighted by Crippen LogP contribution is -2.50. The van der Waals surface area contributed by atoms with Crippen LogP contribution >= 0.6 is 0 Å². The van der Waals surface area contributed by atoms with Crippen molar-refractivity contribution in [2.45, 2.75) is 18.9 Å². The predicted octanol–water partition coefficient (Wildman–Crippen LogP) is 3.13. The van der Waals surface area contributed by atoms with Crippen LogP contribution in [0.25, 0.3) is 6.08 Å². The molecule has 1 fully saturated rings. The summed E-state index contributed by atoms with van der Waals surface area (Å²) in [5, 5.41) is 2.65. The number of pyridine rings is 1. The molecule has 9 heteroatoms. The topological polar surface area (TPSA) is 89.9 Å². The van der Waals surface area contributed by atoms with Gasteiger partial charge >= 0.3 is 0 Å². The molecule has 1 aromatic heterocycles. The van der Waals surface area contributed by atoms with Crippen molar-refractivity contribution in [2.75, 3.05) is 19.9 Å². The number of piperidine rings is 1. The number of fused-ring (bicyclic) bond motifs is 5. The predicted molar refractivity (Wildman–Crippen MR) is 133 cm³/mol. The number of benzene rings is 2. The number of hydrogen-bond acceptors (Lipinski definition) is 5. The third kappa shape index (κ3) is 4.37. The maximum Gasteiger partial charge on any atom is 0.270 e. The minimum Gasteiger partial charge on any atom is -0.454 e. The summed E-state index contributed by atoms with van der Waals surface area (Å²) in [6.07, 6.45) is 2.45. The van der Waals surface area contributed by atoms with Crippen LogP contribution in [0.3, 0.4) is 0 Å². The van der Waals surface area contributed by atoms with Crippen molar-refractivity contribution in [1.82, 2.24) is 14.8 Å². The van der Waals surface area contributed by atoms with E-state index in [4.69, 9.17) is 9.47 Å². The van der Waals surface area contributed by atoms with Gasteiger partial charge < -0.3 is 24.3 Å². The van der Waals surface area contributed by atoms with Crippen molar-refractivity contribution in [3.05, 3.63) is 99.4 Å². The highest BCUT2D eigenvalue weighted by molar-refractivity contribution is 6.05. The summed E-state index contributed by atoms with van der Waals surface area (Å²) in [5.74, 6) is -0.502. The van der Waals surface area contributed by atoms with Crippen LogP contribution in [-0.4, -0.2) is 41.2 Å². The number of carbonyl (C=O) groups excluding carboxylic acids is 2. The fourth-order valence-electron chi connectivity index (χ4n) is 5.39. The summed E-state index contributed by atoms with van der Waals surface area (Å²) in [7, 11) is 0. The Labute approximate surface area is 211 Å². The minimum absolute atomic E-state index is 0.0133. The number of rotatable bonds is 4. The van der Waals surface area contributed by atoms with E-state index in [9.17, 15) is 18.8 Å². The van der Waals surface area contributed by atoms with E-state index in [2.05, 4.69) is 5.32 Å². The van der Waals surface area contributed by atoms with Crippen molar-refractivity contribution < 1.29 is 23.5 Å². The van der Waals surface area contributed by atoms with Gasteiger partial charge in [0.2, 0.25) is 6.79 Å². The van der Waals surface area contributed by atoms with E-state index in [1.165, 1.54) is 18.2 Å². The normalized spacial score (nSPS) is 19.8. The van der Waals surface area contributed by atoms with Gasteiger partial charge in [-0.1, -0.05) is 24.3 Å². The van der Waals surface area contributed by atoms with Gasteiger partial charge in [0.05, 0.1) is 5.56 Å². The van der Waals surface area contributed by atoms with E-state index in [0.29, 0.717) is 36.7 Å². The molecule has 3 aliphatic rings. The van der Waals surface area contributed by atoms with E-state index in [0.717, 1.165) is 12.1 Å². The molecule has 3 aliphatic heterocycles. The molecule has 6 rings (SSSR count). The minimum atomic E-state index is -0.715. The summed E-state index contributed by atoms with van der Waals surface area (Å²) < 4.78 is 26.9. The summed E-state index contributed by atoms with van der Waals surface area (Å²) in [6.45, 7) is 1.51. The number of nitrogens with zero attached hydrogens (tertiary/aromatic N) is 2. The van der Waals surface area contributed by atoms with Gasteiger partial charge in [-0.05, 0) is 54.3 Å². The van der Waals surface area contributed by atoms with Crippen LogP contribution in [0.2, 0.25) is 0 Å². The highest BCUT2D eigenvalue weighted by Gasteiger charge is 2.37. The van der Waals surface area contributed by atoms with Crippen molar-refractivity contribution in [3.63, 3.8) is 0 Å². The number of halogens is 1. The highest BCUT2D eigenvalue weighted by atomic mass is 19.1. The summed E-state index contributed by atoms with van der Waals surface area (Å²) >= 11 is 0. The molecule has 0 aliphatic carbocycles. The van der Waals surface area contributed by atoms with Crippen LogP contribution in [0.15, 0.2) is 71.2 Å². The average molecular weight is 502 g/mol. The second kappa shape index (κ2) is 9.24. The molecule has 0 spiro atoms. The molecule has 37 heavy (non-hydrogen) atoms. The molecule has 4 heterocycles. The van der Waals surface area contributed by atoms with Crippen molar-refractivity contribution in [2.24, 2.45) is 5.92 Å². The third-order valence-electron chi connectivity index (χ3n) is 7.07. The van der Waals surface area contributed by atoms with Gasteiger partial charge in [0.25, 0.3) is 17.4 Å². The van der Waals surface area contributed by atoms with Crippen molar-refractivity contribution in [1.29, 1.82) is 0 Å². The highest BCUT2D eigenvalue weighted by Crippen LogP contribution is 2.36. The fraction of sp³-hybridized carbons (Fsp3) is 0.250. The standard InChI is InChI=1S/C28H24FN3O5/c29-21-5-2-1-4-20(21)27(34)30-22(11-17-8-9-24-25(12-17)37-16-36-24)28(35)31-13-18-10-19(15-31)23-6-3-7-26(33)32(23)14-18/h1-9,11-12,18-19H,10,13-16H2,(H,30,34).